The summed E-state index contributed by atoms with van der Waals surface area (Å²) in [5.74, 6) is 0.225. The quantitative estimate of drug-likeness (QED) is 0.798. The van der Waals surface area contributed by atoms with Crippen molar-refractivity contribution in [1.29, 1.82) is 0 Å². The average molecular weight is 327 g/mol. The van der Waals surface area contributed by atoms with Gasteiger partial charge < -0.3 is 5.32 Å². The van der Waals surface area contributed by atoms with E-state index in [9.17, 15) is 4.79 Å². The van der Waals surface area contributed by atoms with Gasteiger partial charge in [-0.2, -0.15) is 5.10 Å². The van der Waals surface area contributed by atoms with Crippen LogP contribution in [0.15, 0.2) is 48.8 Å². The molecule has 1 N–H and O–H groups in total. The fourth-order valence-electron chi connectivity index (χ4n) is 2.26. The molecule has 0 aliphatic rings. The van der Waals surface area contributed by atoms with E-state index in [4.69, 9.17) is 11.6 Å². The third-order valence-corrected chi connectivity index (χ3v) is 3.82. The standard InChI is InChI=1S/C17H15ClN4O/c1-11-3-5-14(18)13(9-11)12-4-6-16(19-10-12)21-17(23)15-7-8-20-22(15)2/h3-10H,1-2H3,(H,19,21,23). The van der Waals surface area contributed by atoms with Gasteiger partial charge in [-0.15, -0.1) is 0 Å². The Kier molecular flexibility index (Phi) is 4.12. The van der Waals surface area contributed by atoms with Crippen molar-refractivity contribution in [2.75, 3.05) is 5.32 Å². The summed E-state index contributed by atoms with van der Waals surface area (Å²) in [6.45, 7) is 2.01. The number of halogens is 1. The van der Waals surface area contributed by atoms with E-state index in [0.717, 1.165) is 16.7 Å². The first-order valence-corrected chi connectivity index (χ1v) is 7.44. The topological polar surface area (TPSA) is 59.8 Å². The number of carbonyl (C=O) groups is 1. The van der Waals surface area contributed by atoms with Crippen molar-refractivity contribution >= 4 is 23.3 Å². The fraction of sp³-hybridized carbons (Fsp3) is 0.118. The lowest BCUT2D eigenvalue weighted by molar-refractivity contribution is 0.101. The van der Waals surface area contributed by atoms with E-state index in [1.165, 1.54) is 4.68 Å². The van der Waals surface area contributed by atoms with Crippen LogP contribution >= 0.6 is 11.6 Å². The Labute approximate surface area is 138 Å². The molecular weight excluding hydrogens is 312 g/mol. The zero-order valence-electron chi connectivity index (χ0n) is 12.7. The summed E-state index contributed by atoms with van der Waals surface area (Å²) in [6.07, 6.45) is 3.27. The largest absolute Gasteiger partial charge is 0.305 e. The Bertz CT molecular complexity index is 855. The van der Waals surface area contributed by atoms with Gasteiger partial charge in [-0.05, 0) is 37.3 Å². The Morgan fingerprint density at radius 3 is 2.70 bits per heavy atom. The van der Waals surface area contributed by atoms with Gasteiger partial charge in [-0.3, -0.25) is 9.48 Å². The van der Waals surface area contributed by atoms with Gasteiger partial charge in [0.1, 0.15) is 11.5 Å². The predicted molar refractivity (Wildman–Crippen MR) is 90.6 cm³/mol. The minimum atomic E-state index is -0.251. The van der Waals surface area contributed by atoms with E-state index >= 15 is 0 Å². The number of aromatic nitrogens is 3. The number of rotatable bonds is 3. The van der Waals surface area contributed by atoms with Crippen LogP contribution in [-0.2, 0) is 7.05 Å². The maximum Gasteiger partial charge on any atom is 0.275 e. The Balaban J connectivity index is 1.81. The number of amides is 1. The smallest absolute Gasteiger partial charge is 0.275 e. The van der Waals surface area contributed by atoms with Gasteiger partial charge in [0.25, 0.3) is 5.91 Å². The first-order valence-electron chi connectivity index (χ1n) is 7.06. The summed E-state index contributed by atoms with van der Waals surface area (Å²) in [5.41, 5.74) is 3.41. The van der Waals surface area contributed by atoms with Crippen molar-refractivity contribution in [3.63, 3.8) is 0 Å². The number of benzene rings is 1. The molecule has 0 aliphatic carbocycles. The van der Waals surface area contributed by atoms with E-state index in [-0.39, 0.29) is 5.91 Å². The SMILES string of the molecule is Cc1ccc(Cl)c(-c2ccc(NC(=O)c3ccnn3C)nc2)c1. The van der Waals surface area contributed by atoms with Crippen molar-refractivity contribution < 1.29 is 4.79 Å². The van der Waals surface area contributed by atoms with E-state index in [1.807, 2.05) is 31.2 Å². The zero-order valence-corrected chi connectivity index (χ0v) is 13.5. The normalized spacial score (nSPS) is 10.6. The molecule has 1 aromatic carbocycles. The molecule has 0 radical (unpaired) electrons. The van der Waals surface area contributed by atoms with Crippen LogP contribution in [0.25, 0.3) is 11.1 Å². The van der Waals surface area contributed by atoms with E-state index in [0.29, 0.717) is 16.5 Å². The molecule has 116 valence electrons. The van der Waals surface area contributed by atoms with Gasteiger partial charge in [0.2, 0.25) is 0 Å². The molecule has 0 atom stereocenters. The van der Waals surface area contributed by atoms with Crippen LogP contribution in [0.4, 0.5) is 5.82 Å². The molecule has 2 heterocycles. The lowest BCUT2D eigenvalue weighted by Crippen LogP contribution is -2.16. The number of nitrogens with zero attached hydrogens (tertiary/aromatic N) is 3. The minimum absolute atomic E-state index is 0.251. The summed E-state index contributed by atoms with van der Waals surface area (Å²) in [5, 5.41) is 7.39. The molecule has 3 aromatic rings. The number of hydrogen-bond donors (Lipinski definition) is 1. The highest BCUT2D eigenvalue weighted by Gasteiger charge is 2.11. The molecular formula is C17H15ClN4O. The molecule has 0 bridgehead atoms. The van der Waals surface area contributed by atoms with Gasteiger partial charge in [0.05, 0.1) is 0 Å². The summed E-state index contributed by atoms with van der Waals surface area (Å²) in [6, 6.07) is 11.1. The molecule has 1 amide bonds. The predicted octanol–water partition coefficient (Wildman–Crippen LogP) is 3.70. The van der Waals surface area contributed by atoms with Crippen molar-refractivity contribution in [2.24, 2.45) is 7.05 Å². The fourth-order valence-corrected chi connectivity index (χ4v) is 2.49. The molecule has 2 aromatic heterocycles. The summed E-state index contributed by atoms with van der Waals surface area (Å²) >= 11 is 6.23. The minimum Gasteiger partial charge on any atom is -0.305 e. The van der Waals surface area contributed by atoms with Crippen molar-refractivity contribution in [2.45, 2.75) is 6.92 Å². The molecule has 0 saturated carbocycles. The third kappa shape index (κ3) is 3.24. The maximum atomic E-state index is 12.1. The summed E-state index contributed by atoms with van der Waals surface area (Å²) in [7, 11) is 1.71. The molecule has 0 spiro atoms. The second-order valence-corrected chi connectivity index (χ2v) is 5.62. The van der Waals surface area contributed by atoms with Gasteiger partial charge in [-0.25, -0.2) is 4.98 Å². The molecule has 0 saturated heterocycles. The molecule has 23 heavy (non-hydrogen) atoms. The van der Waals surface area contributed by atoms with Gasteiger partial charge in [0, 0.05) is 35.6 Å². The summed E-state index contributed by atoms with van der Waals surface area (Å²) in [4.78, 5) is 16.4. The van der Waals surface area contributed by atoms with Crippen LogP contribution in [0.1, 0.15) is 16.1 Å². The number of nitrogens with one attached hydrogen (secondary N) is 1. The van der Waals surface area contributed by atoms with Crippen molar-refractivity contribution in [1.82, 2.24) is 14.8 Å². The first kappa shape index (κ1) is 15.2. The Hall–Kier alpha value is -2.66. The van der Waals surface area contributed by atoms with Gasteiger partial charge in [-0.1, -0.05) is 23.2 Å². The van der Waals surface area contributed by atoms with E-state index < -0.39 is 0 Å². The van der Waals surface area contributed by atoms with Crippen LogP contribution < -0.4 is 5.32 Å². The number of aryl methyl sites for hydroxylation is 2. The number of anilines is 1. The van der Waals surface area contributed by atoms with Crippen LogP contribution in [0.2, 0.25) is 5.02 Å². The molecule has 5 nitrogen and oxygen atoms in total. The van der Waals surface area contributed by atoms with Crippen LogP contribution in [0.3, 0.4) is 0 Å². The highest BCUT2D eigenvalue weighted by molar-refractivity contribution is 6.33. The van der Waals surface area contributed by atoms with Crippen LogP contribution in [-0.4, -0.2) is 20.7 Å². The lowest BCUT2D eigenvalue weighted by atomic mass is 10.1. The van der Waals surface area contributed by atoms with Crippen LogP contribution in [0.5, 0.6) is 0 Å². The number of pyridine rings is 1. The second-order valence-electron chi connectivity index (χ2n) is 5.21. The van der Waals surface area contributed by atoms with Crippen molar-refractivity contribution in [3.8, 4) is 11.1 Å². The molecule has 0 unspecified atom stereocenters. The number of hydrogen-bond acceptors (Lipinski definition) is 3. The molecule has 6 heteroatoms. The van der Waals surface area contributed by atoms with E-state index in [2.05, 4.69) is 15.4 Å². The number of carbonyl (C=O) groups excluding carboxylic acids is 1. The average Bonchev–Trinajstić information content (AvgIpc) is 2.97. The summed E-state index contributed by atoms with van der Waals surface area (Å²) < 4.78 is 1.51. The lowest BCUT2D eigenvalue weighted by Gasteiger charge is -2.08. The third-order valence-electron chi connectivity index (χ3n) is 3.49. The second kappa shape index (κ2) is 6.22. The Morgan fingerprint density at radius 2 is 2.04 bits per heavy atom. The monoisotopic (exact) mass is 326 g/mol. The Morgan fingerprint density at radius 1 is 1.22 bits per heavy atom. The molecule has 3 rings (SSSR count). The highest BCUT2D eigenvalue weighted by atomic mass is 35.5. The van der Waals surface area contributed by atoms with E-state index in [1.54, 1.807) is 31.6 Å². The van der Waals surface area contributed by atoms with Gasteiger partial charge >= 0.3 is 0 Å². The molecule has 0 aliphatic heterocycles. The first-order chi connectivity index (χ1) is 11.0. The van der Waals surface area contributed by atoms with Crippen molar-refractivity contribution in [3.05, 3.63) is 65.1 Å². The zero-order chi connectivity index (χ0) is 16.4. The molecule has 0 fully saturated rings. The highest BCUT2D eigenvalue weighted by Crippen LogP contribution is 2.28. The van der Waals surface area contributed by atoms with Crippen LogP contribution in [0, 0.1) is 6.92 Å². The van der Waals surface area contributed by atoms with Gasteiger partial charge in [0.15, 0.2) is 0 Å². The maximum absolute atomic E-state index is 12.1.